The molecule has 6 heteroatoms. The maximum atomic E-state index is 12.7. The molecule has 6 nitrogen and oxygen atoms in total. The normalized spacial score (nSPS) is 11.8. The van der Waals surface area contributed by atoms with Gasteiger partial charge in [-0.05, 0) is 42.3 Å². The molecule has 0 aliphatic carbocycles. The number of aryl methyl sites for hydroxylation is 1. The third kappa shape index (κ3) is 4.60. The van der Waals surface area contributed by atoms with Crippen molar-refractivity contribution in [1.82, 2.24) is 5.32 Å². The van der Waals surface area contributed by atoms with Crippen molar-refractivity contribution in [3.63, 3.8) is 0 Å². The maximum absolute atomic E-state index is 12.7. The highest BCUT2D eigenvalue weighted by atomic mass is 16.7. The molecule has 1 aliphatic heterocycles. The smallest absolute Gasteiger partial charge is 0.253 e. The zero-order valence-corrected chi connectivity index (χ0v) is 16.6. The number of nitrogens with one attached hydrogen (secondary N) is 2. The second kappa shape index (κ2) is 8.69. The van der Waals surface area contributed by atoms with Crippen LogP contribution < -0.4 is 20.1 Å². The second-order valence-electron chi connectivity index (χ2n) is 7.13. The first-order chi connectivity index (χ1) is 14.6. The monoisotopic (exact) mass is 402 g/mol. The molecule has 0 saturated heterocycles. The molecule has 2 N–H and O–H groups in total. The molecule has 1 heterocycles. The first kappa shape index (κ1) is 19.5. The predicted molar refractivity (Wildman–Crippen MR) is 114 cm³/mol. The molecular weight excluding hydrogens is 380 g/mol. The van der Waals surface area contributed by atoms with Crippen LogP contribution in [-0.2, 0) is 17.8 Å². The van der Waals surface area contributed by atoms with E-state index in [0.29, 0.717) is 29.3 Å². The number of fused-ring (bicyclic) bond motifs is 1. The van der Waals surface area contributed by atoms with Crippen LogP contribution in [0.1, 0.15) is 27.0 Å². The molecule has 152 valence electrons. The first-order valence-corrected chi connectivity index (χ1v) is 9.69. The molecular formula is C24H22N2O4. The van der Waals surface area contributed by atoms with E-state index in [4.69, 9.17) is 9.47 Å². The lowest BCUT2D eigenvalue weighted by atomic mass is 10.1. The number of carbonyl (C=O) groups excluding carboxylic acids is 2. The van der Waals surface area contributed by atoms with Gasteiger partial charge in [-0.15, -0.1) is 0 Å². The molecule has 3 aromatic rings. The first-order valence-electron chi connectivity index (χ1n) is 9.69. The van der Waals surface area contributed by atoms with Crippen LogP contribution in [0.2, 0.25) is 0 Å². The molecule has 4 rings (SSSR count). The van der Waals surface area contributed by atoms with E-state index < -0.39 is 0 Å². The Morgan fingerprint density at radius 2 is 1.63 bits per heavy atom. The van der Waals surface area contributed by atoms with Crippen LogP contribution in [-0.4, -0.2) is 18.6 Å². The lowest BCUT2D eigenvalue weighted by Gasteiger charge is -2.12. The highest BCUT2D eigenvalue weighted by Crippen LogP contribution is 2.32. The minimum Gasteiger partial charge on any atom is -0.454 e. The number of carbonyl (C=O) groups is 2. The fraction of sp³-hybridized carbons (Fsp3) is 0.167. The number of para-hydroxylation sites is 1. The van der Waals surface area contributed by atoms with Gasteiger partial charge in [-0.2, -0.15) is 0 Å². The summed E-state index contributed by atoms with van der Waals surface area (Å²) in [6.45, 7) is 2.55. The molecule has 3 aromatic carbocycles. The summed E-state index contributed by atoms with van der Waals surface area (Å²) in [7, 11) is 0. The zero-order chi connectivity index (χ0) is 20.9. The highest BCUT2D eigenvalue weighted by molar-refractivity contribution is 6.04. The van der Waals surface area contributed by atoms with Gasteiger partial charge in [0.1, 0.15) is 0 Å². The van der Waals surface area contributed by atoms with Crippen LogP contribution in [0.5, 0.6) is 11.5 Å². The largest absolute Gasteiger partial charge is 0.454 e. The number of amides is 2. The van der Waals surface area contributed by atoms with Gasteiger partial charge >= 0.3 is 0 Å². The predicted octanol–water partition coefficient (Wildman–Crippen LogP) is 3.83. The van der Waals surface area contributed by atoms with Crippen LogP contribution in [0.15, 0.2) is 66.7 Å². The quantitative estimate of drug-likeness (QED) is 0.657. The van der Waals surface area contributed by atoms with E-state index in [2.05, 4.69) is 10.6 Å². The number of hydrogen-bond donors (Lipinski definition) is 2. The molecule has 2 amide bonds. The van der Waals surface area contributed by atoms with E-state index in [-0.39, 0.29) is 25.0 Å². The van der Waals surface area contributed by atoms with Crippen LogP contribution in [0, 0.1) is 6.92 Å². The Kier molecular flexibility index (Phi) is 5.66. The number of benzene rings is 3. The molecule has 0 unspecified atom stereocenters. The van der Waals surface area contributed by atoms with Gasteiger partial charge in [0.25, 0.3) is 5.91 Å². The van der Waals surface area contributed by atoms with E-state index in [1.807, 2.05) is 49.4 Å². The van der Waals surface area contributed by atoms with E-state index in [1.54, 1.807) is 24.3 Å². The van der Waals surface area contributed by atoms with Crippen LogP contribution in [0.25, 0.3) is 0 Å². The highest BCUT2D eigenvalue weighted by Gasteiger charge is 2.15. The van der Waals surface area contributed by atoms with Crippen LogP contribution >= 0.6 is 0 Å². The summed E-state index contributed by atoms with van der Waals surface area (Å²) in [6.07, 6.45) is 0.243. The summed E-state index contributed by atoms with van der Waals surface area (Å²) in [6, 6.07) is 20.3. The average Bonchev–Trinajstić information content (AvgIpc) is 3.22. The second-order valence-corrected chi connectivity index (χ2v) is 7.13. The van der Waals surface area contributed by atoms with Crippen molar-refractivity contribution < 1.29 is 19.1 Å². The molecule has 0 atom stereocenters. The third-order valence-corrected chi connectivity index (χ3v) is 4.82. The van der Waals surface area contributed by atoms with Crippen LogP contribution in [0.3, 0.4) is 0 Å². The van der Waals surface area contributed by atoms with E-state index in [1.165, 1.54) is 0 Å². The van der Waals surface area contributed by atoms with Crippen molar-refractivity contribution >= 4 is 17.5 Å². The van der Waals surface area contributed by atoms with E-state index in [9.17, 15) is 9.59 Å². The number of hydrogen-bond acceptors (Lipinski definition) is 4. The lowest BCUT2D eigenvalue weighted by molar-refractivity contribution is -0.115. The summed E-state index contributed by atoms with van der Waals surface area (Å²) < 4.78 is 10.7. The minimum absolute atomic E-state index is 0.171. The van der Waals surface area contributed by atoms with Gasteiger partial charge in [0.2, 0.25) is 12.7 Å². The SMILES string of the molecule is Cc1ccc(CC(=O)Nc2ccccc2C(=O)NCc2ccc3c(c2)OCO3)cc1. The Morgan fingerprint density at radius 1 is 0.900 bits per heavy atom. The Labute approximate surface area is 174 Å². The summed E-state index contributed by atoms with van der Waals surface area (Å²) in [5, 5.41) is 5.74. The van der Waals surface area contributed by atoms with Crippen molar-refractivity contribution in [2.45, 2.75) is 19.9 Å². The molecule has 0 aromatic heterocycles. The van der Waals surface area contributed by atoms with Gasteiger partial charge in [-0.3, -0.25) is 9.59 Å². The third-order valence-electron chi connectivity index (χ3n) is 4.82. The van der Waals surface area contributed by atoms with Crippen molar-refractivity contribution in [3.05, 3.63) is 89.0 Å². The van der Waals surface area contributed by atoms with Gasteiger partial charge in [0.15, 0.2) is 11.5 Å². The van der Waals surface area contributed by atoms with E-state index >= 15 is 0 Å². The Balaban J connectivity index is 1.40. The van der Waals surface area contributed by atoms with Crippen molar-refractivity contribution in [2.75, 3.05) is 12.1 Å². The van der Waals surface area contributed by atoms with Gasteiger partial charge in [-0.1, -0.05) is 48.0 Å². The van der Waals surface area contributed by atoms with Gasteiger partial charge in [-0.25, -0.2) is 0 Å². The Morgan fingerprint density at radius 3 is 2.47 bits per heavy atom. The average molecular weight is 402 g/mol. The summed E-state index contributed by atoms with van der Waals surface area (Å²) in [5.41, 5.74) is 3.85. The number of ether oxygens (including phenoxy) is 2. The molecule has 30 heavy (non-hydrogen) atoms. The number of anilines is 1. The van der Waals surface area contributed by atoms with Crippen LogP contribution in [0.4, 0.5) is 5.69 Å². The van der Waals surface area contributed by atoms with Crippen molar-refractivity contribution in [3.8, 4) is 11.5 Å². The summed E-state index contributed by atoms with van der Waals surface area (Å²) in [5.74, 6) is 0.936. The summed E-state index contributed by atoms with van der Waals surface area (Å²) >= 11 is 0. The zero-order valence-electron chi connectivity index (χ0n) is 16.6. The standard InChI is InChI=1S/C24H22N2O4/c1-16-6-8-17(9-7-16)13-23(27)26-20-5-3-2-4-19(20)24(28)25-14-18-10-11-21-22(12-18)30-15-29-21/h2-12H,13-15H2,1H3,(H,25,28)(H,26,27). The van der Waals surface area contributed by atoms with E-state index in [0.717, 1.165) is 16.7 Å². The molecule has 0 bridgehead atoms. The maximum Gasteiger partial charge on any atom is 0.253 e. The minimum atomic E-state index is -0.265. The molecule has 0 spiro atoms. The molecule has 0 saturated carbocycles. The van der Waals surface area contributed by atoms with Crippen molar-refractivity contribution in [1.29, 1.82) is 0 Å². The molecule has 1 aliphatic rings. The van der Waals surface area contributed by atoms with Crippen molar-refractivity contribution in [2.24, 2.45) is 0 Å². The fourth-order valence-electron chi connectivity index (χ4n) is 3.20. The fourth-order valence-corrected chi connectivity index (χ4v) is 3.20. The van der Waals surface area contributed by atoms with Gasteiger partial charge in [0, 0.05) is 6.54 Å². The summed E-state index contributed by atoms with van der Waals surface area (Å²) in [4.78, 5) is 25.2. The Bertz CT molecular complexity index is 1080. The molecule has 0 fully saturated rings. The van der Waals surface area contributed by atoms with Gasteiger partial charge < -0.3 is 20.1 Å². The molecule has 0 radical (unpaired) electrons. The van der Waals surface area contributed by atoms with Gasteiger partial charge in [0.05, 0.1) is 17.7 Å². The topological polar surface area (TPSA) is 76.7 Å². The Hall–Kier alpha value is -3.80. The lowest BCUT2D eigenvalue weighted by Crippen LogP contribution is -2.25. The number of rotatable bonds is 6.